The number of pyridine rings is 1. The number of nitrogen functional groups attached to an aromatic ring is 1. The molecule has 1 aliphatic heterocycles. The molecule has 25 heavy (non-hydrogen) atoms. The zero-order valence-corrected chi connectivity index (χ0v) is 15.8. The lowest BCUT2D eigenvalue weighted by Gasteiger charge is -2.10. The average Bonchev–Trinajstić information content (AvgIpc) is 2.82. The number of anilines is 1. The molecule has 0 amide bonds. The van der Waals surface area contributed by atoms with E-state index in [9.17, 15) is 0 Å². The molecule has 0 unspecified atom stereocenters. The van der Waals surface area contributed by atoms with Crippen LogP contribution in [0.5, 0.6) is 0 Å². The van der Waals surface area contributed by atoms with E-state index in [-0.39, 0.29) is 0 Å². The quantitative estimate of drug-likeness (QED) is 0.501. The Hall–Kier alpha value is -2.65. The number of fused-ring (bicyclic) bond motifs is 5. The van der Waals surface area contributed by atoms with Gasteiger partial charge in [-0.05, 0) is 30.5 Å². The summed E-state index contributed by atoms with van der Waals surface area (Å²) in [6.07, 6.45) is 5.48. The van der Waals surface area contributed by atoms with Crippen LogP contribution >= 0.6 is 0 Å². The molecular weight excluding hydrogens is 326 g/mol. The molecule has 6 heteroatoms. The lowest BCUT2D eigenvalue weighted by Crippen LogP contribution is -2.16. The van der Waals surface area contributed by atoms with Gasteiger partial charge in [0.2, 0.25) is 0 Å². The summed E-state index contributed by atoms with van der Waals surface area (Å²) in [6.45, 7) is 7.64. The number of aryl methyl sites for hydroxylation is 2. The van der Waals surface area contributed by atoms with E-state index in [4.69, 9.17) is 5.73 Å². The van der Waals surface area contributed by atoms with Crippen LogP contribution < -0.4 is 5.73 Å². The van der Waals surface area contributed by atoms with Gasteiger partial charge in [0.1, 0.15) is 31.6 Å². The molecular formula is C19H21N5Si. The fourth-order valence-corrected chi connectivity index (χ4v) is 3.77. The Kier molecular flexibility index (Phi) is 3.62. The number of hydrogen-bond donors (Lipinski definition) is 1. The van der Waals surface area contributed by atoms with E-state index >= 15 is 0 Å². The van der Waals surface area contributed by atoms with E-state index in [0.29, 0.717) is 5.82 Å². The normalized spacial score (nSPS) is 13.6. The SMILES string of the molecule is C[Si](C)(C)C#Cc1nccc2c1-c1cc3c(N)ncnc3n1CCC2. The number of aromatic nitrogens is 4. The minimum absolute atomic E-state index is 0.519. The van der Waals surface area contributed by atoms with Crippen LogP contribution in [0.15, 0.2) is 24.7 Å². The highest BCUT2D eigenvalue weighted by Gasteiger charge is 2.22. The molecule has 0 bridgehead atoms. The summed E-state index contributed by atoms with van der Waals surface area (Å²) >= 11 is 0. The van der Waals surface area contributed by atoms with E-state index in [1.54, 1.807) is 0 Å². The Morgan fingerprint density at radius 3 is 2.84 bits per heavy atom. The summed E-state index contributed by atoms with van der Waals surface area (Å²) in [5.74, 6) is 3.88. The van der Waals surface area contributed by atoms with Crippen LogP contribution in [0.4, 0.5) is 5.82 Å². The Bertz CT molecular complexity index is 1030. The van der Waals surface area contributed by atoms with Crippen molar-refractivity contribution in [3.8, 4) is 22.7 Å². The minimum atomic E-state index is -1.48. The van der Waals surface area contributed by atoms with Gasteiger partial charge in [-0.2, -0.15) is 0 Å². The van der Waals surface area contributed by atoms with Crippen molar-refractivity contribution in [1.29, 1.82) is 0 Å². The van der Waals surface area contributed by atoms with Crippen molar-refractivity contribution in [3.63, 3.8) is 0 Å². The van der Waals surface area contributed by atoms with Gasteiger partial charge in [0.05, 0.1) is 11.1 Å². The maximum Gasteiger partial charge on any atom is 0.145 e. The summed E-state index contributed by atoms with van der Waals surface area (Å²) in [5.41, 5.74) is 14.8. The lowest BCUT2D eigenvalue weighted by atomic mass is 10.0. The Morgan fingerprint density at radius 2 is 2.04 bits per heavy atom. The van der Waals surface area contributed by atoms with Crippen LogP contribution in [0.2, 0.25) is 19.6 Å². The molecule has 0 saturated carbocycles. The van der Waals surface area contributed by atoms with Crippen molar-refractivity contribution < 1.29 is 0 Å². The lowest BCUT2D eigenvalue weighted by molar-refractivity contribution is 0.675. The largest absolute Gasteiger partial charge is 0.383 e. The Labute approximate surface area is 148 Å². The van der Waals surface area contributed by atoms with Gasteiger partial charge < -0.3 is 10.3 Å². The third kappa shape index (κ3) is 2.81. The zero-order chi connectivity index (χ0) is 17.6. The van der Waals surface area contributed by atoms with Crippen LogP contribution in [0, 0.1) is 11.5 Å². The van der Waals surface area contributed by atoms with Crippen molar-refractivity contribution in [2.45, 2.75) is 39.0 Å². The van der Waals surface area contributed by atoms with Crippen molar-refractivity contribution in [3.05, 3.63) is 35.9 Å². The van der Waals surface area contributed by atoms with Gasteiger partial charge in [-0.3, -0.25) is 0 Å². The standard InChI is InChI=1S/C19H21N5Si/c1-25(2,3)10-7-15-17-13(6-8-21-15)5-4-9-24-16(17)11-14-18(20)22-12-23-19(14)24/h6,8,11-12H,4-5,9H2,1-3H3,(H2,20,22,23). The maximum atomic E-state index is 6.08. The molecule has 4 heterocycles. The van der Waals surface area contributed by atoms with Crippen LogP contribution in [0.25, 0.3) is 22.3 Å². The van der Waals surface area contributed by atoms with Crippen molar-refractivity contribution in [2.75, 3.05) is 5.73 Å². The van der Waals surface area contributed by atoms with E-state index in [2.05, 4.69) is 62.8 Å². The first-order valence-corrected chi connectivity index (χ1v) is 12.1. The highest BCUT2D eigenvalue weighted by molar-refractivity contribution is 6.83. The maximum absolute atomic E-state index is 6.08. The van der Waals surface area contributed by atoms with Gasteiger partial charge in [0, 0.05) is 18.3 Å². The number of hydrogen-bond acceptors (Lipinski definition) is 4. The van der Waals surface area contributed by atoms with Crippen molar-refractivity contribution in [1.82, 2.24) is 19.5 Å². The first-order chi connectivity index (χ1) is 11.9. The topological polar surface area (TPSA) is 69.6 Å². The Balaban J connectivity index is 2.02. The molecule has 0 atom stereocenters. The first kappa shape index (κ1) is 15.9. The summed E-state index contributed by atoms with van der Waals surface area (Å²) < 4.78 is 2.24. The van der Waals surface area contributed by atoms with Gasteiger partial charge in [-0.1, -0.05) is 25.6 Å². The third-order valence-electron chi connectivity index (χ3n) is 4.40. The monoisotopic (exact) mass is 347 g/mol. The van der Waals surface area contributed by atoms with E-state index < -0.39 is 8.07 Å². The number of nitrogens with two attached hydrogens (primary N) is 1. The molecule has 0 fully saturated rings. The highest BCUT2D eigenvalue weighted by Crippen LogP contribution is 2.35. The fraction of sp³-hybridized carbons (Fsp3) is 0.316. The second kappa shape index (κ2) is 5.71. The van der Waals surface area contributed by atoms with E-state index in [0.717, 1.165) is 47.4 Å². The van der Waals surface area contributed by atoms with Crippen molar-refractivity contribution in [2.24, 2.45) is 0 Å². The van der Waals surface area contributed by atoms with Gasteiger partial charge in [0.15, 0.2) is 0 Å². The van der Waals surface area contributed by atoms with Gasteiger partial charge >= 0.3 is 0 Å². The van der Waals surface area contributed by atoms with Crippen molar-refractivity contribution >= 4 is 24.9 Å². The molecule has 4 rings (SSSR count). The second-order valence-corrected chi connectivity index (χ2v) is 12.2. The van der Waals surface area contributed by atoms with E-state index in [1.165, 1.54) is 11.9 Å². The minimum Gasteiger partial charge on any atom is -0.383 e. The van der Waals surface area contributed by atoms with Crippen LogP contribution in [0.1, 0.15) is 17.7 Å². The molecule has 0 radical (unpaired) electrons. The van der Waals surface area contributed by atoms with Crippen LogP contribution in [-0.2, 0) is 13.0 Å². The molecule has 3 aromatic heterocycles. The summed E-state index contributed by atoms with van der Waals surface area (Å²) in [7, 11) is -1.48. The molecule has 126 valence electrons. The van der Waals surface area contributed by atoms with Crippen LogP contribution in [0.3, 0.4) is 0 Å². The van der Waals surface area contributed by atoms with E-state index in [1.807, 2.05) is 6.20 Å². The molecule has 1 aliphatic rings. The average molecular weight is 347 g/mol. The molecule has 3 aromatic rings. The molecule has 0 aromatic carbocycles. The summed E-state index contributed by atoms with van der Waals surface area (Å²) in [5, 5.41) is 0.901. The molecule has 0 saturated heterocycles. The summed E-state index contributed by atoms with van der Waals surface area (Å²) in [4.78, 5) is 13.2. The first-order valence-electron chi connectivity index (χ1n) is 8.55. The smallest absolute Gasteiger partial charge is 0.145 e. The fourth-order valence-electron chi connectivity index (χ4n) is 3.28. The second-order valence-electron chi connectivity index (χ2n) is 7.47. The van der Waals surface area contributed by atoms with Gasteiger partial charge in [-0.15, -0.1) is 5.54 Å². The third-order valence-corrected chi connectivity index (χ3v) is 5.27. The Morgan fingerprint density at radius 1 is 1.20 bits per heavy atom. The highest BCUT2D eigenvalue weighted by atomic mass is 28.3. The van der Waals surface area contributed by atoms with Crippen LogP contribution in [-0.4, -0.2) is 27.6 Å². The zero-order valence-electron chi connectivity index (χ0n) is 14.8. The molecule has 0 aliphatic carbocycles. The molecule has 5 nitrogen and oxygen atoms in total. The predicted octanol–water partition coefficient (Wildman–Crippen LogP) is 3.25. The summed E-state index contributed by atoms with van der Waals surface area (Å²) in [6, 6.07) is 4.20. The molecule has 0 spiro atoms. The number of rotatable bonds is 0. The number of nitrogens with zero attached hydrogens (tertiary/aromatic N) is 4. The molecule has 2 N–H and O–H groups in total. The predicted molar refractivity (Wildman–Crippen MR) is 104 cm³/mol. The van der Waals surface area contributed by atoms with Gasteiger partial charge in [0.25, 0.3) is 0 Å². The van der Waals surface area contributed by atoms with Gasteiger partial charge in [-0.25, -0.2) is 15.0 Å².